The highest BCUT2D eigenvalue weighted by Gasteiger charge is 2.12. The molecule has 3 aromatic rings. The highest BCUT2D eigenvalue weighted by Crippen LogP contribution is 2.26. The first-order valence-corrected chi connectivity index (χ1v) is 11.2. The number of phenols is 1. The molecular formula is C26H32N4O4. The molecule has 0 aliphatic heterocycles. The van der Waals surface area contributed by atoms with Crippen LogP contribution in [0, 0.1) is 0 Å². The van der Waals surface area contributed by atoms with Crippen LogP contribution in [0.2, 0.25) is 0 Å². The number of benzene rings is 2. The number of nitrogen functional groups attached to an aromatic ring is 1. The lowest BCUT2D eigenvalue weighted by molar-refractivity contribution is 0.0954. The minimum Gasteiger partial charge on any atom is -0.504 e. The molecule has 6 N–H and O–H groups in total. The van der Waals surface area contributed by atoms with Crippen LogP contribution in [0.4, 0.5) is 5.82 Å². The summed E-state index contributed by atoms with van der Waals surface area (Å²) in [5, 5.41) is 26.5. The molecule has 0 fully saturated rings. The number of carbonyl (C=O) groups excluding carboxylic acids is 1. The van der Waals surface area contributed by atoms with Crippen molar-refractivity contribution in [3.63, 3.8) is 0 Å². The number of nitrogens with one attached hydrogen (secondary N) is 2. The topological polar surface area (TPSA) is 130 Å². The highest BCUT2D eigenvalue weighted by molar-refractivity contribution is 5.94. The predicted molar refractivity (Wildman–Crippen MR) is 132 cm³/mol. The van der Waals surface area contributed by atoms with E-state index in [2.05, 4.69) is 15.6 Å². The SMILES string of the molecule is COc1ccc(CCNC(=O)c2cccc(C[C@@H](C)NC[C@H](O)c3ccc(N)nc3)c2)cc1O. The number of carbonyl (C=O) groups is 1. The monoisotopic (exact) mass is 464 g/mol. The zero-order valence-electron chi connectivity index (χ0n) is 19.5. The maximum atomic E-state index is 12.6. The Bertz CT molecular complexity index is 1090. The van der Waals surface area contributed by atoms with Gasteiger partial charge in [-0.3, -0.25) is 4.79 Å². The molecule has 0 saturated carbocycles. The fourth-order valence-corrected chi connectivity index (χ4v) is 3.62. The fourth-order valence-electron chi connectivity index (χ4n) is 3.62. The molecule has 0 saturated heterocycles. The molecule has 1 amide bonds. The zero-order chi connectivity index (χ0) is 24.5. The summed E-state index contributed by atoms with van der Waals surface area (Å²) in [5.74, 6) is 0.775. The molecular weight excluding hydrogens is 432 g/mol. The number of nitrogens with two attached hydrogens (primary N) is 1. The van der Waals surface area contributed by atoms with E-state index in [1.807, 2.05) is 31.2 Å². The Kier molecular flexibility index (Phi) is 8.84. The number of nitrogens with zero attached hydrogens (tertiary/aromatic N) is 1. The van der Waals surface area contributed by atoms with Crippen molar-refractivity contribution in [1.82, 2.24) is 15.6 Å². The number of aliphatic hydroxyl groups is 1. The van der Waals surface area contributed by atoms with Crippen molar-refractivity contribution in [1.29, 1.82) is 0 Å². The molecule has 8 heteroatoms. The molecule has 180 valence electrons. The molecule has 0 bridgehead atoms. The molecule has 2 atom stereocenters. The fraction of sp³-hybridized carbons (Fsp3) is 0.308. The number of pyridine rings is 1. The number of amides is 1. The number of ether oxygens (including phenoxy) is 1. The van der Waals surface area contributed by atoms with Gasteiger partial charge in [0.2, 0.25) is 0 Å². The molecule has 0 unspecified atom stereocenters. The summed E-state index contributed by atoms with van der Waals surface area (Å²) in [7, 11) is 1.50. The molecule has 0 radical (unpaired) electrons. The van der Waals surface area contributed by atoms with Gasteiger partial charge in [-0.05, 0) is 61.2 Å². The predicted octanol–water partition coefficient (Wildman–Crippen LogP) is 2.60. The van der Waals surface area contributed by atoms with Gasteiger partial charge in [-0.2, -0.15) is 0 Å². The lowest BCUT2D eigenvalue weighted by Crippen LogP contribution is -2.32. The summed E-state index contributed by atoms with van der Waals surface area (Å²) >= 11 is 0. The third-order valence-electron chi connectivity index (χ3n) is 5.53. The zero-order valence-corrected chi connectivity index (χ0v) is 19.5. The molecule has 8 nitrogen and oxygen atoms in total. The number of anilines is 1. The number of aromatic nitrogens is 1. The standard InChI is InChI=1S/C26H32N4O4/c1-17(29-16-23(32)21-7-9-25(27)30-15-21)12-19-4-3-5-20(13-19)26(33)28-11-10-18-6-8-24(34-2)22(31)14-18/h3-9,13-15,17,23,29,31-32H,10-12,16H2,1-2H3,(H2,27,30)(H,28,33)/t17-,23+/m1/s1. The highest BCUT2D eigenvalue weighted by atomic mass is 16.5. The van der Waals surface area contributed by atoms with Gasteiger partial charge in [0.05, 0.1) is 13.2 Å². The lowest BCUT2D eigenvalue weighted by Gasteiger charge is -2.18. The molecule has 1 aromatic heterocycles. The maximum Gasteiger partial charge on any atom is 0.251 e. The quantitative estimate of drug-likeness (QED) is 0.295. The third-order valence-corrected chi connectivity index (χ3v) is 5.53. The van der Waals surface area contributed by atoms with Crippen molar-refractivity contribution in [2.75, 3.05) is 25.9 Å². The summed E-state index contributed by atoms with van der Waals surface area (Å²) in [4.78, 5) is 16.6. The molecule has 2 aromatic carbocycles. The number of phenolic OH excluding ortho intramolecular Hbond substituents is 1. The largest absolute Gasteiger partial charge is 0.504 e. The Hall–Kier alpha value is -3.62. The van der Waals surface area contributed by atoms with Gasteiger partial charge in [0.25, 0.3) is 5.91 Å². The molecule has 0 aliphatic carbocycles. The smallest absolute Gasteiger partial charge is 0.251 e. The number of hydrogen-bond donors (Lipinski definition) is 5. The van der Waals surface area contributed by atoms with Crippen LogP contribution in [0.3, 0.4) is 0 Å². The van der Waals surface area contributed by atoms with Gasteiger partial charge in [-0.1, -0.05) is 24.3 Å². The van der Waals surface area contributed by atoms with Crippen LogP contribution in [0.1, 0.15) is 40.1 Å². The average Bonchev–Trinajstić information content (AvgIpc) is 2.83. The van der Waals surface area contributed by atoms with E-state index in [0.717, 1.165) is 11.1 Å². The molecule has 0 aliphatic rings. The summed E-state index contributed by atoms with van der Waals surface area (Å²) in [6, 6.07) is 16.2. The van der Waals surface area contributed by atoms with Crippen LogP contribution in [0.5, 0.6) is 11.5 Å². The van der Waals surface area contributed by atoms with E-state index < -0.39 is 6.10 Å². The van der Waals surface area contributed by atoms with Crippen LogP contribution >= 0.6 is 0 Å². The first-order chi connectivity index (χ1) is 16.4. The first kappa shape index (κ1) is 25.0. The summed E-state index contributed by atoms with van der Waals surface area (Å²) in [5.41, 5.74) is 8.82. The van der Waals surface area contributed by atoms with Crippen molar-refractivity contribution < 1.29 is 19.7 Å². The normalized spacial score (nSPS) is 12.7. The van der Waals surface area contributed by atoms with Crippen LogP contribution in [0.15, 0.2) is 60.8 Å². The Morgan fingerprint density at radius 3 is 2.68 bits per heavy atom. The van der Waals surface area contributed by atoms with Crippen LogP contribution in [-0.2, 0) is 12.8 Å². The maximum absolute atomic E-state index is 12.6. The number of aromatic hydroxyl groups is 1. The minimum atomic E-state index is -0.680. The molecule has 0 spiro atoms. The lowest BCUT2D eigenvalue weighted by atomic mass is 10.0. The Morgan fingerprint density at radius 1 is 1.15 bits per heavy atom. The van der Waals surface area contributed by atoms with Gasteiger partial charge in [0.15, 0.2) is 11.5 Å². The minimum absolute atomic E-state index is 0.0828. The molecule has 3 rings (SSSR count). The Morgan fingerprint density at radius 2 is 1.97 bits per heavy atom. The average molecular weight is 465 g/mol. The number of rotatable bonds is 11. The van der Waals surface area contributed by atoms with Crippen molar-refractivity contribution in [2.24, 2.45) is 0 Å². The van der Waals surface area contributed by atoms with E-state index in [0.29, 0.717) is 48.6 Å². The van der Waals surface area contributed by atoms with E-state index in [1.165, 1.54) is 7.11 Å². The summed E-state index contributed by atoms with van der Waals surface area (Å²) in [6.07, 6.45) is 2.20. The van der Waals surface area contributed by atoms with E-state index in [9.17, 15) is 15.0 Å². The summed E-state index contributed by atoms with van der Waals surface area (Å²) < 4.78 is 5.05. The van der Waals surface area contributed by atoms with Crippen LogP contribution in [-0.4, -0.2) is 47.3 Å². The van der Waals surface area contributed by atoms with Gasteiger partial charge < -0.3 is 31.3 Å². The number of hydrogen-bond acceptors (Lipinski definition) is 7. The van der Waals surface area contributed by atoms with Gasteiger partial charge in [-0.25, -0.2) is 4.98 Å². The van der Waals surface area contributed by atoms with Gasteiger partial charge in [0.1, 0.15) is 5.82 Å². The molecule has 34 heavy (non-hydrogen) atoms. The first-order valence-electron chi connectivity index (χ1n) is 11.2. The van der Waals surface area contributed by atoms with E-state index in [-0.39, 0.29) is 17.7 Å². The van der Waals surface area contributed by atoms with Crippen molar-refractivity contribution in [3.05, 3.63) is 83.0 Å². The Labute approximate surface area is 199 Å². The van der Waals surface area contributed by atoms with E-state index in [1.54, 1.807) is 36.5 Å². The number of methoxy groups -OCH3 is 1. The summed E-state index contributed by atoms with van der Waals surface area (Å²) in [6.45, 7) is 2.86. The van der Waals surface area contributed by atoms with E-state index in [4.69, 9.17) is 10.5 Å². The van der Waals surface area contributed by atoms with Crippen molar-refractivity contribution in [2.45, 2.75) is 31.9 Å². The third kappa shape index (κ3) is 7.19. The van der Waals surface area contributed by atoms with E-state index >= 15 is 0 Å². The second-order valence-corrected chi connectivity index (χ2v) is 8.26. The van der Waals surface area contributed by atoms with Gasteiger partial charge in [-0.15, -0.1) is 0 Å². The number of aliphatic hydroxyl groups excluding tert-OH is 1. The van der Waals surface area contributed by atoms with Gasteiger partial charge >= 0.3 is 0 Å². The van der Waals surface area contributed by atoms with Crippen LogP contribution < -0.4 is 21.1 Å². The van der Waals surface area contributed by atoms with Crippen molar-refractivity contribution >= 4 is 11.7 Å². The second kappa shape index (κ2) is 12.0. The Balaban J connectivity index is 1.47. The van der Waals surface area contributed by atoms with Crippen molar-refractivity contribution in [3.8, 4) is 11.5 Å². The van der Waals surface area contributed by atoms with Gasteiger partial charge in [0, 0.05) is 36.5 Å². The van der Waals surface area contributed by atoms with Crippen LogP contribution in [0.25, 0.3) is 0 Å². The molecule has 1 heterocycles. The second-order valence-electron chi connectivity index (χ2n) is 8.26.